The summed E-state index contributed by atoms with van der Waals surface area (Å²) in [5.74, 6) is 0.581. The third kappa shape index (κ3) is 2.60. The molecule has 0 bridgehead atoms. The first-order chi connectivity index (χ1) is 11.2. The molecule has 2 heterocycles. The molecule has 3 aromatic rings. The first-order valence-electron chi connectivity index (χ1n) is 7.51. The van der Waals surface area contributed by atoms with Crippen LogP contribution in [-0.2, 0) is 12.3 Å². The molecule has 2 aromatic carbocycles. The second-order valence-electron chi connectivity index (χ2n) is 5.68. The monoisotopic (exact) mass is 387 g/mol. The number of para-hydroxylation sites is 1. The summed E-state index contributed by atoms with van der Waals surface area (Å²) in [5.41, 5.74) is 0.284. The van der Waals surface area contributed by atoms with Crippen LogP contribution < -0.4 is 9.47 Å². The van der Waals surface area contributed by atoms with E-state index >= 15 is 0 Å². The highest BCUT2D eigenvalue weighted by atomic mass is 79.9. The average Bonchev–Trinajstić information content (AvgIpc) is 2.89. The number of halogens is 2. The van der Waals surface area contributed by atoms with Crippen LogP contribution in [0.3, 0.4) is 0 Å². The van der Waals surface area contributed by atoms with Crippen LogP contribution in [0.2, 0.25) is 0 Å². The average molecular weight is 388 g/mol. The van der Waals surface area contributed by atoms with Gasteiger partial charge in [-0.2, -0.15) is 4.90 Å². The van der Waals surface area contributed by atoms with Gasteiger partial charge in [-0.25, -0.2) is 8.96 Å². The first-order valence-corrected chi connectivity index (χ1v) is 7.51. The van der Waals surface area contributed by atoms with Gasteiger partial charge in [0, 0.05) is 11.6 Å². The Morgan fingerprint density at radius 3 is 2.29 bits per heavy atom. The summed E-state index contributed by atoms with van der Waals surface area (Å²) in [6.45, 7) is 0.379. The number of pyridine rings is 1. The maximum atomic E-state index is 13.3. The number of aliphatic hydroxyl groups is 1. The van der Waals surface area contributed by atoms with Crippen molar-refractivity contribution in [3.63, 3.8) is 0 Å². The van der Waals surface area contributed by atoms with E-state index in [1.807, 2.05) is 64.2 Å². The Labute approximate surface area is 150 Å². The molecule has 1 aliphatic heterocycles. The molecule has 0 fully saturated rings. The van der Waals surface area contributed by atoms with Gasteiger partial charge < -0.3 is 5.11 Å². The Balaban J connectivity index is 0.00000169. The van der Waals surface area contributed by atoms with Gasteiger partial charge in [-0.15, -0.1) is 17.0 Å². The van der Waals surface area contributed by atoms with Gasteiger partial charge in [0.25, 0.3) is 11.5 Å². The molecule has 0 spiro atoms. The van der Waals surface area contributed by atoms with Gasteiger partial charge in [0.2, 0.25) is 0 Å². The highest BCUT2D eigenvalue weighted by molar-refractivity contribution is 8.93. The van der Waals surface area contributed by atoms with Gasteiger partial charge in [-0.05, 0) is 42.5 Å². The van der Waals surface area contributed by atoms with Crippen molar-refractivity contribution in [2.45, 2.75) is 12.3 Å². The molecule has 0 saturated heterocycles. The Kier molecular flexibility index (Phi) is 4.39. The first kappa shape index (κ1) is 16.6. The van der Waals surface area contributed by atoms with Crippen molar-refractivity contribution in [1.29, 1.82) is 0 Å². The van der Waals surface area contributed by atoms with Crippen molar-refractivity contribution in [1.82, 2.24) is 0 Å². The smallest absolute Gasteiger partial charge is 0.284 e. The molecule has 24 heavy (non-hydrogen) atoms. The van der Waals surface area contributed by atoms with E-state index in [0.717, 1.165) is 11.5 Å². The highest BCUT2D eigenvalue weighted by Crippen LogP contribution is 2.40. The number of rotatable bonds is 2. The minimum atomic E-state index is -1.26. The number of benzene rings is 2. The predicted octanol–water partition coefficient (Wildman–Crippen LogP) is 3.69. The fourth-order valence-electron chi connectivity index (χ4n) is 3.16. The molecule has 1 N–H and O–H groups in total. The Morgan fingerprint density at radius 2 is 1.58 bits per heavy atom. The molecular formula is C19H17BrFN2O+. The maximum Gasteiger partial charge on any atom is 0.284 e. The van der Waals surface area contributed by atoms with E-state index in [1.165, 1.54) is 12.1 Å². The lowest BCUT2D eigenvalue weighted by atomic mass is 10.0. The predicted molar refractivity (Wildman–Crippen MR) is 95.8 cm³/mol. The fraction of sp³-hybridized carbons (Fsp3) is 0.105. The molecule has 0 saturated carbocycles. The molecule has 0 aliphatic carbocycles. The summed E-state index contributed by atoms with van der Waals surface area (Å²) in [5, 5.41) is 11.5. The molecule has 0 amide bonds. The molecule has 1 aromatic heterocycles. The quantitative estimate of drug-likeness (QED) is 0.679. The zero-order valence-corrected chi connectivity index (χ0v) is 14.6. The van der Waals surface area contributed by atoms with Gasteiger partial charge in [0.1, 0.15) is 11.5 Å². The second-order valence-corrected chi connectivity index (χ2v) is 5.68. The normalized spacial score (nSPS) is 18.8. The van der Waals surface area contributed by atoms with Gasteiger partial charge in [-0.1, -0.05) is 24.3 Å². The van der Waals surface area contributed by atoms with Gasteiger partial charge in [-0.3, -0.25) is 0 Å². The topological polar surface area (TPSA) is 27.4 Å². The lowest BCUT2D eigenvalue weighted by molar-refractivity contribution is -0.683. The summed E-state index contributed by atoms with van der Waals surface area (Å²) in [6.07, 6.45) is 1.94. The van der Waals surface area contributed by atoms with Crippen LogP contribution in [0, 0.1) is 5.82 Å². The van der Waals surface area contributed by atoms with Crippen molar-refractivity contribution < 1.29 is 14.1 Å². The van der Waals surface area contributed by atoms with Crippen LogP contribution in [-0.4, -0.2) is 5.11 Å². The number of aromatic nitrogens is 1. The third-order valence-corrected chi connectivity index (χ3v) is 4.23. The van der Waals surface area contributed by atoms with Crippen LogP contribution in [0.25, 0.3) is 0 Å². The summed E-state index contributed by atoms with van der Waals surface area (Å²) in [4.78, 5) is 1.89. The van der Waals surface area contributed by atoms with Crippen molar-refractivity contribution in [3.8, 4) is 0 Å². The number of hydrogen-bond donors (Lipinski definition) is 1. The van der Waals surface area contributed by atoms with Crippen molar-refractivity contribution in [3.05, 3.63) is 90.4 Å². The lowest BCUT2D eigenvalue weighted by Crippen LogP contribution is -2.43. The molecule has 122 valence electrons. The maximum absolute atomic E-state index is 13.3. The Hall–Kier alpha value is -2.24. The van der Waals surface area contributed by atoms with Crippen molar-refractivity contribution in [2.24, 2.45) is 0 Å². The highest BCUT2D eigenvalue weighted by Gasteiger charge is 2.52. The van der Waals surface area contributed by atoms with Gasteiger partial charge in [0.05, 0.1) is 6.20 Å². The third-order valence-electron chi connectivity index (χ3n) is 4.23. The summed E-state index contributed by atoms with van der Waals surface area (Å²) < 4.78 is 15.3. The van der Waals surface area contributed by atoms with Crippen LogP contribution >= 0.6 is 17.0 Å². The summed E-state index contributed by atoms with van der Waals surface area (Å²) in [6, 6.07) is 21.6. The minimum Gasteiger partial charge on any atom is -0.346 e. The van der Waals surface area contributed by atoms with Gasteiger partial charge in [0.15, 0.2) is 6.54 Å². The number of anilines is 2. The molecule has 0 radical (unpaired) electrons. The van der Waals surface area contributed by atoms with E-state index in [9.17, 15) is 9.50 Å². The lowest BCUT2D eigenvalue weighted by Gasteiger charge is -2.27. The van der Waals surface area contributed by atoms with Crippen LogP contribution in [0.15, 0.2) is 79.0 Å². The fourth-order valence-corrected chi connectivity index (χ4v) is 3.16. The molecule has 5 heteroatoms. The van der Waals surface area contributed by atoms with E-state index in [2.05, 4.69) is 0 Å². The van der Waals surface area contributed by atoms with Gasteiger partial charge >= 0.3 is 0 Å². The van der Waals surface area contributed by atoms with E-state index in [-0.39, 0.29) is 22.8 Å². The standard InChI is InChI=1S/C19H16FN2O.BrH/c20-16-11-9-15(10-12-16)19(23)14-21-13-5-4-8-18(21)22(19)17-6-2-1-3-7-17;/h1-13,23H,14H2;1H/q+1;. The SMILES string of the molecule is Br.OC1(c2ccc(F)cc2)C[n+]2ccccc2N1c1ccccc1. The number of fused-ring (bicyclic) bond motifs is 1. The second kappa shape index (κ2) is 6.34. The zero-order chi connectivity index (χ0) is 15.9. The van der Waals surface area contributed by atoms with E-state index in [0.29, 0.717) is 12.1 Å². The van der Waals surface area contributed by atoms with E-state index < -0.39 is 5.72 Å². The van der Waals surface area contributed by atoms with Crippen molar-refractivity contribution >= 4 is 28.5 Å². The Morgan fingerprint density at radius 1 is 0.917 bits per heavy atom. The minimum absolute atomic E-state index is 0. The van der Waals surface area contributed by atoms with E-state index in [1.54, 1.807) is 12.1 Å². The molecule has 3 nitrogen and oxygen atoms in total. The summed E-state index contributed by atoms with van der Waals surface area (Å²) >= 11 is 0. The van der Waals surface area contributed by atoms with Crippen LogP contribution in [0.5, 0.6) is 0 Å². The molecule has 4 rings (SSSR count). The summed E-state index contributed by atoms with van der Waals surface area (Å²) in [7, 11) is 0. The van der Waals surface area contributed by atoms with Crippen molar-refractivity contribution in [2.75, 3.05) is 4.90 Å². The molecule has 1 aliphatic rings. The molecular weight excluding hydrogens is 371 g/mol. The van der Waals surface area contributed by atoms with Crippen LogP contribution in [0.4, 0.5) is 15.9 Å². The largest absolute Gasteiger partial charge is 0.346 e. The van der Waals surface area contributed by atoms with E-state index in [4.69, 9.17) is 0 Å². The van der Waals surface area contributed by atoms with Crippen LogP contribution in [0.1, 0.15) is 5.56 Å². The molecule has 1 atom stereocenters. The number of hydrogen-bond acceptors (Lipinski definition) is 2. The molecule has 1 unspecified atom stereocenters. The number of nitrogens with zero attached hydrogens (tertiary/aromatic N) is 2. The Bertz CT molecular complexity index is 842. The zero-order valence-electron chi connectivity index (χ0n) is 12.8.